The molecule has 2 aromatic rings. The zero-order valence-corrected chi connectivity index (χ0v) is 77.1. The summed E-state index contributed by atoms with van der Waals surface area (Å²) in [4.78, 5) is 70.2. The van der Waals surface area contributed by atoms with E-state index in [2.05, 4.69) is 166 Å². The predicted octanol–water partition coefficient (Wildman–Crippen LogP) is 27.1. The van der Waals surface area contributed by atoms with Crippen molar-refractivity contribution < 1.29 is 42.9 Å². The summed E-state index contributed by atoms with van der Waals surface area (Å²) in [5, 5.41) is 17.7. The minimum Gasteiger partial charge on any atom is -0.515 e. The molecule has 0 aliphatic heterocycles. The third-order valence-corrected chi connectivity index (χ3v) is 36.0. The summed E-state index contributed by atoms with van der Waals surface area (Å²) in [5.74, 6) is 7.20. The normalized spacial score (nSPS) is 39.1. The van der Waals surface area contributed by atoms with Crippen molar-refractivity contribution in [3.63, 3.8) is 0 Å². The molecule has 16 aliphatic rings. The first-order valence-electron chi connectivity index (χ1n) is 46.5. The maximum Gasteiger partial charge on any atom is 0.167 e. The van der Waals surface area contributed by atoms with Crippen molar-refractivity contribution in [2.24, 2.45) is 94.6 Å². The number of hydrogen-bond acceptors (Lipinski definition) is 11. The second-order valence-corrected chi connectivity index (χ2v) is 45.3. The van der Waals surface area contributed by atoms with Crippen LogP contribution in [0.3, 0.4) is 0 Å². The molecular formula is C104H153ClN2O9. The lowest BCUT2D eigenvalue weighted by molar-refractivity contribution is -0.141. The second kappa shape index (κ2) is 33.2. The average Bonchev–Trinajstić information content (AvgIpc) is 1.16. The number of fused-ring (bicyclic) bond motifs is 17. The van der Waals surface area contributed by atoms with E-state index in [1.165, 1.54) is 157 Å². The largest absolute Gasteiger partial charge is 0.515 e. The van der Waals surface area contributed by atoms with Gasteiger partial charge in [0.1, 0.15) is 28.9 Å². The van der Waals surface area contributed by atoms with Crippen molar-refractivity contribution in [1.29, 1.82) is 0 Å². The summed E-state index contributed by atoms with van der Waals surface area (Å²) in [5.41, 5.74) is 16.0. The van der Waals surface area contributed by atoms with Crippen molar-refractivity contribution in [1.82, 2.24) is 10.3 Å². The van der Waals surface area contributed by atoms with Crippen LogP contribution in [0.25, 0.3) is 0 Å². The Bertz CT molecular complexity index is 4320. The average molecular weight is 1610 g/mol. The molecule has 0 bridgehead atoms. The molecule has 2 heterocycles. The summed E-state index contributed by atoms with van der Waals surface area (Å²) in [6, 6.07) is 0. The summed E-state index contributed by atoms with van der Waals surface area (Å²) >= 11 is 5.25. The summed E-state index contributed by atoms with van der Waals surface area (Å²) in [6.45, 7) is 48.1. The first kappa shape index (κ1) is 90.0. The zero-order valence-electron chi connectivity index (χ0n) is 76.4. The topological polar surface area (TPSA) is 175 Å². The van der Waals surface area contributed by atoms with Crippen LogP contribution in [0.1, 0.15) is 393 Å². The molecule has 11 nitrogen and oxygen atoms in total. The third-order valence-electron chi connectivity index (χ3n) is 35.9. The van der Waals surface area contributed by atoms with Gasteiger partial charge in [-0.15, -0.1) is 11.6 Å². The smallest absolute Gasteiger partial charge is 0.167 e. The summed E-state index contributed by atoms with van der Waals surface area (Å²) < 4.78 is 11.3. The monoisotopic (exact) mass is 1610 g/mol. The molecule has 0 amide bonds. The maximum absolute atomic E-state index is 12.7. The van der Waals surface area contributed by atoms with Crippen LogP contribution in [0, 0.1) is 94.6 Å². The van der Waals surface area contributed by atoms with Gasteiger partial charge in [0.15, 0.2) is 17.3 Å². The number of Topliss-reactive ketones (excluding diaryl/α,β-unsaturated/α-hetero) is 5. The van der Waals surface area contributed by atoms with E-state index in [9.17, 15) is 33.9 Å². The molecule has 0 radical (unpaired) electrons. The minimum absolute atomic E-state index is 0.0263. The molecule has 0 spiro atoms. The number of rotatable bonds is 3. The Morgan fingerprint density at radius 3 is 1.35 bits per heavy atom. The summed E-state index contributed by atoms with van der Waals surface area (Å²) in [6.07, 6.45) is 58.5. The van der Waals surface area contributed by atoms with Crippen LogP contribution >= 0.6 is 11.6 Å². The number of alkyl halides is 1. The van der Waals surface area contributed by atoms with Crippen LogP contribution in [0.2, 0.25) is 0 Å². The number of aromatic nitrogens is 2. The Kier molecular flexibility index (Phi) is 25.7. The molecule has 0 aromatic carbocycles. The highest BCUT2D eigenvalue weighted by Crippen LogP contribution is 2.71. The summed E-state index contributed by atoms with van der Waals surface area (Å²) in [7, 11) is 0. The number of carbonyl (C=O) groups excluding carboxylic acids is 6. The lowest BCUT2D eigenvalue weighted by atomic mass is 9.43. The van der Waals surface area contributed by atoms with Crippen LogP contribution in [-0.4, -0.2) is 56.0 Å². The first-order chi connectivity index (χ1) is 54.3. The Balaban J connectivity index is 0.000000128. The van der Waals surface area contributed by atoms with Gasteiger partial charge in [0.25, 0.3) is 0 Å². The van der Waals surface area contributed by atoms with E-state index < -0.39 is 0 Å². The van der Waals surface area contributed by atoms with Crippen molar-refractivity contribution in [3.05, 3.63) is 116 Å². The van der Waals surface area contributed by atoms with Crippen molar-refractivity contribution in [3.8, 4) is 0 Å². The minimum atomic E-state index is -0.374. The predicted molar refractivity (Wildman–Crippen MR) is 470 cm³/mol. The Morgan fingerprint density at radius 1 is 0.474 bits per heavy atom. The Hall–Kier alpha value is -5.29. The van der Waals surface area contributed by atoms with Gasteiger partial charge < -0.3 is 14.2 Å². The van der Waals surface area contributed by atoms with Crippen molar-refractivity contribution in [2.45, 2.75) is 394 Å². The van der Waals surface area contributed by atoms with Crippen LogP contribution in [0.4, 0.5) is 0 Å². The van der Waals surface area contributed by atoms with E-state index in [1.807, 2.05) is 32.3 Å². The van der Waals surface area contributed by atoms with E-state index in [4.69, 9.17) is 20.6 Å². The van der Waals surface area contributed by atoms with E-state index >= 15 is 0 Å². The molecule has 8 saturated carbocycles. The van der Waals surface area contributed by atoms with Crippen LogP contribution in [0.5, 0.6) is 0 Å². The van der Waals surface area contributed by atoms with Gasteiger partial charge >= 0.3 is 0 Å². The molecule has 1 unspecified atom stereocenters. The van der Waals surface area contributed by atoms with E-state index in [-0.39, 0.29) is 65.7 Å². The van der Waals surface area contributed by atoms with Gasteiger partial charge in [0.05, 0.1) is 18.7 Å². The van der Waals surface area contributed by atoms with Gasteiger partial charge in [0, 0.05) is 94.1 Å². The standard InChI is InChI=1S/C19H25NO2.C19H27NO.C19H28O2.C18H28O.C17H24O.C7H12O.C5H9ClO/c1-17(2)14-6-8-18(3)7-5-13(21)9-15(18)19(14,4)10-12-11-20-22-16(12)17;1-17(2)14-8-10-18(3)9-6-5-7-15(18)19(14,4)11-13-12-20-21-16(13)17;1-17(2)14-8-10-18(3)9-6-5-7-15(18)19(14,4)11-13(12-20)16(17)21;1-16(2)13-8-11-17(3)10-6-5-7-14(17)18(13,4)12-9-15(16)19;1-12-13-7-10-16(2)9-5-4-6-15(16)17(13,3)11-8-14(12)18;1-6-4-2-3-5-7(6)8;1-2-5(7)3-4-6/h9,11,14H,5-8,10H2,1-4H3;7,12,14H,5-6,8-11H2,1-4H3;7,12,14,20H,5-6,8-11H2,1-4H3;7,13H,5-6,8-12H2,1-4H3;6H,4-5,7-11H2,1-3H3;6H,2-5H2,1H3;2-4H2,1H3/b;;13-12-;;;;/t3*14-,18+,19-;13-,17+,18-;16-,17+;;/m00001../s1. The number of carbonyl (C=O) groups is 6. The number of aliphatic hydroxyl groups excluding tert-OH is 1. The van der Waals surface area contributed by atoms with Crippen molar-refractivity contribution >= 4 is 46.3 Å². The molecule has 116 heavy (non-hydrogen) atoms. The maximum atomic E-state index is 12.7. The number of allylic oxidation sites excluding steroid dienone is 13. The highest BCUT2D eigenvalue weighted by atomic mass is 35.5. The fourth-order valence-corrected chi connectivity index (χ4v) is 29.8. The number of halogens is 1. The molecule has 15 atom stereocenters. The van der Waals surface area contributed by atoms with Gasteiger partial charge in [-0.05, 0) is 284 Å². The third kappa shape index (κ3) is 15.9. The molecule has 8 fully saturated rings. The van der Waals surface area contributed by atoms with Crippen LogP contribution < -0.4 is 0 Å². The zero-order chi connectivity index (χ0) is 84.6. The lowest BCUT2D eigenvalue weighted by Gasteiger charge is -2.60. The number of hydrogen-bond donors (Lipinski definition) is 1. The molecule has 18 rings (SSSR count). The SMILES string of the molecule is CC1(C)C(=O)/C(=C\O)C[C@]2(C)C3=CCCC[C@]3(C)CC[C@@H]12.CC1(C)C(=O)CC[C@]2(C)C3=CCCC[C@]3(C)CC[C@@H]12.CC1(C)c2oncc2C[C@]2(C)C3=CC(=O)CC[C@]3(C)CC[C@@H]12.CC1(C)c2oncc2C[C@]2(C)C3=CCCC[C@]3(C)CC[C@@H]12.CC1=C2CC[C@@]3(C)CCCC=C3[C@@]2(C)CCC1=O.CC1CCCCC1=O.CCC(=O)CCCl. The number of nitrogens with zero attached hydrogens (tertiary/aromatic N) is 2. The quantitative estimate of drug-likeness (QED) is 0.134. The van der Waals surface area contributed by atoms with Gasteiger partial charge in [-0.25, -0.2) is 0 Å². The second-order valence-electron chi connectivity index (χ2n) is 44.9. The molecule has 1 N–H and O–H groups in total. The molecule has 0 saturated heterocycles. The van der Waals surface area contributed by atoms with E-state index in [1.54, 1.807) is 22.3 Å². The fourth-order valence-electron chi connectivity index (χ4n) is 29.6. The molecule has 640 valence electrons. The highest BCUT2D eigenvalue weighted by molar-refractivity contribution is 6.19. The molecular weight excluding hydrogens is 1460 g/mol. The Morgan fingerprint density at radius 2 is 0.905 bits per heavy atom. The van der Waals surface area contributed by atoms with Gasteiger partial charge in [0.2, 0.25) is 0 Å². The Labute approximate surface area is 705 Å². The fraction of sp³-hybridized carbons (Fsp3) is 0.750. The number of aliphatic hydroxyl groups is 1. The van der Waals surface area contributed by atoms with E-state index in [0.29, 0.717) is 112 Å². The van der Waals surface area contributed by atoms with Crippen molar-refractivity contribution in [2.75, 3.05) is 5.88 Å². The van der Waals surface area contributed by atoms with Crippen LogP contribution in [0.15, 0.2) is 103 Å². The first-order valence-corrected chi connectivity index (χ1v) is 47.1. The van der Waals surface area contributed by atoms with Gasteiger partial charge in [-0.1, -0.05) is 213 Å². The molecule has 12 heteroatoms. The highest BCUT2D eigenvalue weighted by Gasteiger charge is 2.64. The number of ketones is 6. The van der Waals surface area contributed by atoms with Crippen LogP contribution in [-0.2, 0) is 52.4 Å². The molecule has 16 aliphatic carbocycles. The molecule has 2 aromatic heterocycles. The lowest BCUT2D eigenvalue weighted by Crippen LogP contribution is -2.54. The van der Waals surface area contributed by atoms with Gasteiger partial charge in [-0.3, -0.25) is 28.8 Å². The van der Waals surface area contributed by atoms with E-state index in [0.717, 1.165) is 100 Å². The van der Waals surface area contributed by atoms with Gasteiger partial charge in [-0.2, -0.15) is 0 Å².